The second-order valence-corrected chi connectivity index (χ2v) is 5.95. The number of hydrogen-bond acceptors (Lipinski definition) is 3. The largest absolute Gasteiger partial charge is 0.350 e. The monoisotopic (exact) mass is 350 g/mol. The van der Waals surface area contributed by atoms with Crippen molar-refractivity contribution < 1.29 is 4.79 Å². The second kappa shape index (κ2) is 9.45. The van der Waals surface area contributed by atoms with E-state index in [2.05, 4.69) is 35.6 Å². The zero-order valence-electron chi connectivity index (χ0n) is 14.8. The summed E-state index contributed by atoms with van der Waals surface area (Å²) >= 11 is 0. The molecule has 1 heterocycles. The Balaban J connectivity index is 0.00000288. The SMILES string of the molecule is CCN[C@H](C)CNC(=O)c1cccc(Cn2nc(C)cc2C)c1.Cl. The summed E-state index contributed by atoms with van der Waals surface area (Å²) in [5.74, 6) is -0.0371. The number of halogens is 1. The standard InChI is InChI=1S/C18H26N4O.ClH/c1-5-19-14(3)11-20-18(23)17-8-6-7-16(10-17)12-22-15(4)9-13(2)21-22;/h6-10,14,19H,5,11-12H2,1-4H3,(H,20,23);1H/t14-;/m1./s1. The van der Waals surface area contributed by atoms with Crippen molar-refractivity contribution in [1.82, 2.24) is 20.4 Å². The molecule has 0 aliphatic heterocycles. The Morgan fingerprint density at radius 3 is 2.67 bits per heavy atom. The predicted molar refractivity (Wildman–Crippen MR) is 100.0 cm³/mol. The van der Waals surface area contributed by atoms with E-state index in [-0.39, 0.29) is 24.4 Å². The Morgan fingerprint density at radius 2 is 2.04 bits per heavy atom. The summed E-state index contributed by atoms with van der Waals surface area (Å²) in [6, 6.07) is 10.0. The molecule has 2 aromatic rings. The molecule has 132 valence electrons. The van der Waals surface area contributed by atoms with Gasteiger partial charge in [-0.05, 0) is 51.1 Å². The lowest BCUT2D eigenvalue weighted by Gasteiger charge is -2.13. The third-order valence-corrected chi connectivity index (χ3v) is 3.75. The minimum Gasteiger partial charge on any atom is -0.350 e. The highest BCUT2D eigenvalue weighted by molar-refractivity contribution is 5.94. The summed E-state index contributed by atoms with van der Waals surface area (Å²) in [5, 5.41) is 10.7. The lowest BCUT2D eigenvalue weighted by molar-refractivity contribution is 0.0950. The van der Waals surface area contributed by atoms with E-state index in [0.29, 0.717) is 18.7 Å². The lowest BCUT2D eigenvalue weighted by Crippen LogP contribution is -2.38. The third-order valence-electron chi connectivity index (χ3n) is 3.75. The molecule has 1 aromatic carbocycles. The van der Waals surface area contributed by atoms with Gasteiger partial charge in [-0.15, -0.1) is 12.4 Å². The van der Waals surface area contributed by atoms with Crippen molar-refractivity contribution in [3.63, 3.8) is 0 Å². The first kappa shape index (κ1) is 20.2. The van der Waals surface area contributed by atoms with Crippen LogP contribution in [0.15, 0.2) is 30.3 Å². The highest BCUT2D eigenvalue weighted by Gasteiger charge is 2.09. The molecule has 0 radical (unpaired) electrons. The van der Waals surface area contributed by atoms with Crippen molar-refractivity contribution in [2.24, 2.45) is 0 Å². The van der Waals surface area contributed by atoms with E-state index in [0.717, 1.165) is 23.5 Å². The van der Waals surface area contributed by atoms with E-state index in [1.165, 1.54) is 0 Å². The highest BCUT2D eigenvalue weighted by Crippen LogP contribution is 2.10. The van der Waals surface area contributed by atoms with Crippen LogP contribution in [0.25, 0.3) is 0 Å². The first-order valence-corrected chi connectivity index (χ1v) is 8.11. The maximum absolute atomic E-state index is 12.3. The molecule has 1 atom stereocenters. The molecule has 0 saturated carbocycles. The molecule has 0 unspecified atom stereocenters. The van der Waals surface area contributed by atoms with Gasteiger partial charge < -0.3 is 10.6 Å². The van der Waals surface area contributed by atoms with Gasteiger partial charge in [0.2, 0.25) is 0 Å². The normalized spacial score (nSPS) is 11.7. The van der Waals surface area contributed by atoms with Crippen LogP contribution in [-0.2, 0) is 6.54 Å². The summed E-state index contributed by atoms with van der Waals surface area (Å²) in [6.45, 7) is 10.3. The van der Waals surface area contributed by atoms with Gasteiger partial charge in [-0.2, -0.15) is 5.10 Å². The first-order chi connectivity index (χ1) is 11.0. The minimum atomic E-state index is -0.0371. The number of hydrogen-bond donors (Lipinski definition) is 2. The molecule has 5 nitrogen and oxygen atoms in total. The number of benzene rings is 1. The molecule has 2 N–H and O–H groups in total. The van der Waals surface area contributed by atoms with Gasteiger partial charge >= 0.3 is 0 Å². The Hall–Kier alpha value is -1.85. The molecule has 0 saturated heterocycles. The predicted octanol–water partition coefficient (Wildman–Crippen LogP) is 2.70. The van der Waals surface area contributed by atoms with Crippen LogP contribution in [0, 0.1) is 13.8 Å². The summed E-state index contributed by atoms with van der Waals surface area (Å²) in [7, 11) is 0. The van der Waals surface area contributed by atoms with E-state index < -0.39 is 0 Å². The van der Waals surface area contributed by atoms with Crippen molar-refractivity contribution >= 4 is 18.3 Å². The van der Waals surface area contributed by atoms with Crippen LogP contribution in [0.2, 0.25) is 0 Å². The van der Waals surface area contributed by atoms with Crippen LogP contribution in [0.4, 0.5) is 0 Å². The molecule has 0 fully saturated rings. The van der Waals surface area contributed by atoms with Gasteiger partial charge in [-0.1, -0.05) is 19.1 Å². The van der Waals surface area contributed by atoms with Gasteiger partial charge in [-0.25, -0.2) is 0 Å². The molecule has 1 aromatic heterocycles. The maximum atomic E-state index is 12.3. The Morgan fingerprint density at radius 1 is 1.29 bits per heavy atom. The molecule has 0 spiro atoms. The molecule has 24 heavy (non-hydrogen) atoms. The van der Waals surface area contributed by atoms with Crippen LogP contribution in [0.3, 0.4) is 0 Å². The van der Waals surface area contributed by atoms with E-state index in [1.54, 1.807) is 0 Å². The van der Waals surface area contributed by atoms with Gasteiger partial charge in [0, 0.05) is 23.8 Å². The molecular weight excluding hydrogens is 324 g/mol. The number of carbonyl (C=O) groups is 1. The van der Waals surface area contributed by atoms with Crippen molar-refractivity contribution in [3.8, 4) is 0 Å². The summed E-state index contributed by atoms with van der Waals surface area (Å²) in [6.07, 6.45) is 0. The van der Waals surface area contributed by atoms with Crippen molar-refractivity contribution in [2.75, 3.05) is 13.1 Å². The van der Waals surface area contributed by atoms with E-state index >= 15 is 0 Å². The Labute approximate surface area is 150 Å². The highest BCUT2D eigenvalue weighted by atomic mass is 35.5. The molecular formula is C18H27ClN4O. The fraction of sp³-hybridized carbons (Fsp3) is 0.444. The number of likely N-dealkylation sites (N-methyl/N-ethyl adjacent to an activating group) is 1. The van der Waals surface area contributed by atoms with E-state index in [4.69, 9.17) is 0 Å². The summed E-state index contributed by atoms with van der Waals surface area (Å²) in [5.41, 5.74) is 3.89. The van der Waals surface area contributed by atoms with Gasteiger partial charge in [0.05, 0.1) is 12.2 Å². The van der Waals surface area contributed by atoms with Crippen LogP contribution >= 0.6 is 12.4 Å². The summed E-state index contributed by atoms with van der Waals surface area (Å²) in [4.78, 5) is 12.3. The molecule has 1 amide bonds. The molecule has 2 rings (SSSR count). The number of nitrogens with one attached hydrogen (secondary N) is 2. The fourth-order valence-corrected chi connectivity index (χ4v) is 2.59. The number of nitrogens with zero attached hydrogens (tertiary/aromatic N) is 2. The maximum Gasteiger partial charge on any atom is 0.251 e. The average molecular weight is 351 g/mol. The van der Waals surface area contributed by atoms with Crippen LogP contribution in [0.5, 0.6) is 0 Å². The van der Waals surface area contributed by atoms with Crippen LogP contribution in [0.1, 0.15) is 41.2 Å². The van der Waals surface area contributed by atoms with E-state index in [9.17, 15) is 4.79 Å². The van der Waals surface area contributed by atoms with Gasteiger partial charge in [-0.3, -0.25) is 9.48 Å². The van der Waals surface area contributed by atoms with Gasteiger partial charge in [0.1, 0.15) is 0 Å². The van der Waals surface area contributed by atoms with Gasteiger partial charge in [0.15, 0.2) is 0 Å². The molecule has 6 heteroatoms. The smallest absolute Gasteiger partial charge is 0.251 e. The molecule has 0 aliphatic rings. The number of amides is 1. The third kappa shape index (κ3) is 5.65. The number of carbonyl (C=O) groups excluding carboxylic acids is 1. The summed E-state index contributed by atoms with van der Waals surface area (Å²) < 4.78 is 1.96. The number of rotatable bonds is 7. The second-order valence-electron chi connectivity index (χ2n) is 5.95. The first-order valence-electron chi connectivity index (χ1n) is 8.11. The van der Waals surface area contributed by atoms with Crippen LogP contribution < -0.4 is 10.6 Å². The Kier molecular flexibility index (Phi) is 7.95. The zero-order valence-corrected chi connectivity index (χ0v) is 15.6. The molecule has 0 aliphatic carbocycles. The Bertz CT molecular complexity index is 669. The zero-order chi connectivity index (χ0) is 16.8. The number of aryl methyl sites for hydroxylation is 2. The number of aromatic nitrogens is 2. The van der Waals surface area contributed by atoms with Crippen molar-refractivity contribution in [2.45, 2.75) is 40.3 Å². The van der Waals surface area contributed by atoms with Crippen molar-refractivity contribution in [3.05, 3.63) is 52.8 Å². The topological polar surface area (TPSA) is 58.9 Å². The quantitative estimate of drug-likeness (QED) is 0.807. The fourth-order valence-electron chi connectivity index (χ4n) is 2.59. The van der Waals surface area contributed by atoms with Crippen molar-refractivity contribution in [1.29, 1.82) is 0 Å². The van der Waals surface area contributed by atoms with E-state index in [1.807, 2.05) is 42.8 Å². The minimum absolute atomic E-state index is 0. The molecule has 0 bridgehead atoms. The van der Waals surface area contributed by atoms with Crippen LogP contribution in [-0.4, -0.2) is 34.8 Å². The lowest BCUT2D eigenvalue weighted by atomic mass is 10.1. The van der Waals surface area contributed by atoms with Gasteiger partial charge in [0.25, 0.3) is 5.91 Å². The average Bonchev–Trinajstić information content (AvgIpc) is 2.83.